The minimum Gasteiger partial charge on any atom is -0.304 e. The van der Waals surface area contributed by atoms with Gasteiger partial charge in [-0.15, -0.1) is 0 Å². The van der Waals surface area contributed by atoms with Gasteiger partial charge in [0.2, 0.25) is 0 Å². The smallest absolute Gasteiger partial charge is 0.304 e. The van der Waals surface area contributed by atoms with Crippen LogP contribution in [0, 0.1) is 23.3 Å². The molecule has 0 saturated heterocycles. The summed E-state index contributed by atoms with van der Waals surface area (Å²) >= 11 is 5.75. The molecule has 0 atom stereocenters. The fourth-order valence-corrected chi connectivity index (χ4v) is 2.42. The number of hydrazine groups is 1. The molecular weight excluding hydrogens is 402 g/mol. The highest BCUT2D eigenvalue weighted by Gasteiger charge is 2.30. The number of carbonyl (C=O) groups is 2. The molecule has 0 aliphatic rings. The molecule has 3 amide bonds. The van der Waals surface area contributed by atoms with Crippen LogP contribution in [0.5, 0.6) is 0 Å². The van der Waals surface area contributed by atoms with Crippen molar-refractivity contribution in [3.8, 4) is 0 Å². The lowest BCUT2D eigenvalue weighted by molar-refractivity contribution is 0.0460. The zero-order valence-corrected chi connectivity index (χ0v) is 15.8. The molecule has 0 unspecified atom stereocenters. The van der Waals surface area contributed by atoms with Crippen LogP contribution in [0.2, 0.25) is 5.02 Å². The average Bonchev–Trinajstić information content (AvgIpc) is 2.55. The Morgan fingerprint density at radius 1 is 0.929 bits per heavy atom. The van der Waals surface area contributed by atoms with E-state index < -0.39 is 46.4 Å². The molecule has 0 aliphatic heterocycles. The number of carbonyl (C=O) groups excluding carboxylic acids is 2. The van der Waals surface area contributed by atoms with Crippen LogP contribution in [0.3, 0.4) is 0 Å². The second kappa shape index (κ2) is 8.05. The second-order valence-electron chi connectivity index (χ2n) is 6.78. The Morgan fingerprint density at radius 2 is 1.54 bits per heavy atom. The van der Waals surface area contributed by atoms with Gasteiger partial charge >= 0.3 is 6.03 Å². The van der Waals surface area contributed by atoms with E-state index in [0.29, 0.717) is 6.07 Å². The molecule has 5 nitrogen and oxygen atoms in total. The number of hydrogen-bond donors (Lipinski definition) is 2. The Hall–Kier alpha value is -2.81. The van der Waals surface area contributed by atoms with Gasteiger partial charge < -0.3 is 5.32 Å². The molecule has 2 aromatic rings. The molecule has 0 spiro atoms. The predicted octanol–water partition coefficient (Wildman–Crippen LogP) is 4.87. The van der Waals surface area contributed by atoms with Gasteiger partial charge in [-0.2, -0.15) is 0 Å². The molecule has 28 heavy (non-hydrogen) atoms. The number of amides is 3. The minimum atomic E-state index is -1.42. The summed E-state index contributed by atoms with van der Waals surface area (Å²) in [5.74, 6) is -5.54. The third kappa shape index (κ3) is 5.13. The Bertz CT molecular complexity index is 912. The summed E-state index contributed by atoms with van der Waals surface area (Å²) in [4.78, 5) is 24.9. The van der Waals surface area contributed by atoms with E-state index in [1.54, 1.807) is 20.8 Å². The van der Waals surface area contributed by atoms with Gasteiger partial charge in [-0.3, -0.25) is 4.79 Å². The van der Waals surface area contributed by atoms with E-state index >= 15 is 0 Å². The van der Waals surface area contributed by atoms with Gasteiger partial charge in [-0.25, -0.2) is 32.8 Å². The van der Waals surface area contributed by atoms with Gasteiger partial charge in [0.15, 0.2) is 11.6 Å². The van der Waals surface area contributed by atoms with Crippen molar-refractivity contribution >= 4 is 29.2 Å². The van der Waals surface area contributed by atoms with Crippen LogP contribution in [-0.2, 0) is 0 Å². The van der Waals surface area contributed by atoms with E-state index in [1.165, 1.54) is 6.07 Å². The van der Waals surface area contributed by atoms with Crippen molar-refractivity contribution in [2.75, 3.05) is 5.32 Å². The number of urea groups is 1. The lowest BCUT2D eigenvalue weighted by atomic mass is 10.1. The first-order valence-corrected chi connectivity index (χ1v) is 8.29. The summed E-state index contributed by atoms with van der Waals surface area (Å²) in [6.07, 6.45) is 0. The molecule has 0 aliphatic carbocycles. The highest BCUT2D eigenvalue weighted by atomic mass is 35.5. The SMILES string of the molecule is CC(C)(C)N(NC(=O)Nc1cc(F)c(F)cc1F)C(=O)c1cc(F)cc(Cl)c1. The van der Waals surface area contributed by atoms with Gasteiger partial charge in [0, 0.05) is 22.7 Å². The van der Waals surface area contributed by atoms with Gasteiger partial charge in [-0.05, 0) is 39.0 Å². The molecule has 0 heterocycles. The number of halogens is 5. The number of rotatable bonds is 2. The molecule has 0 bridgehead atoms. The zero-order valence-electron chi connectivity index (χ0n) is 15.0. The third-order valence-electron chi connectivity index (χ3n) is 3.45. The summed E-state index contributed by atoms with van der Waals surface area (Å²) in [7, 11) is 0. The summed E-state index contributed by atoms with van der Waals surface area (Å²) in [5.41, 5.74) is 0.431. The molecule has 10 heteroatoms. The first-order chi connectivity index (χ1) is 12.9. The molecule has 2 N–H and O–H groups in total. The standard InChI is InChI=1S/C18H16ClF4N3O2/c1-18(2,3)26(16(27)9-4-10(19)6-11(20)5-9)25-17(28)24-15-8-13(22)12(21)7-14(15)23/h4-8H,1-3H3,(H2,24,25,28). The summed E-state index contributed by atoms with van der Waals surface area (Å²) in [6.45, 7) is 4.72. The Labute approximate surface area is 163 Å². The monoisotopic (exact) mass is 417 g/mol. The number of anilines is 1. The first-order valence-electron chi connectivity index (χ1n) is 7.91. The van der Waals surface area contributed by atoms with Gasteiger partial charge in [0.05, 0.1) is 11.2 Å². The minimum absolute atomic E-state index is 0.0227. The quantitative estimate of drug-likeness (QED) is 0.416. The van der Waals surface area contributed by atoms with Crippen LogP contribution in [0.4, 0.5) is 28.0 Å². The van der Waals surface area contributed by atoms with Crippen molar-refractivity contribution in [2.24, 2.45) is 0 Å². The van der Waals surface area contributed by atoms with Gasteiger partial charge in [0.25, 0.3) is 5.91 Å². The number of nitrogens with zero attached hydrogens (tertiary/aromatic N) is 1. The number of hydrogen-bond acceptors (Lipinski definition) is 2. The van der Waals surface area contributed by atoms with Crippen LogP contribution in [0.25, 0.3) is 0 Å². The molecule has 150 valence electrons. The van der Waals surface area contributed by atoms with E-state index in [-0.39, 0.29) is 16.7 Å². The molecule has 2 rings (SSSR count). The van der Waals surface area contributed by atoms with E-state index in [9.17, 15) is 27.2 Å². The molecule has 0 aromatic heterocycles. The average molecular weight is 418 g/mol. The van der Waals surface area contributed by atoms with Crippen LogP contribution < -0.4 is 10.7 Å². The molecular formula is C18H16ClF4N3O2. The van der Waals surface area contributed by atoms with Crippen molar-refractivity contribution < 1.29 is 27.2 Å². The van der Waals surface area contributed by atoms with Gasteiger partial charge in [-0.1, -0.05) is 11.6 Å². The number of benzene rings is 2. The highest BCUT2D eigenvalue weighted by molar-refractivity contribution is 6.31. The lowest BCUT2D eigenvalue weighted by Crippen LogP contribution is -2.56. The van der Waals surface area contributed by atoms with Crippen LogP contribution in [-0.4, -0.2) is 22.5 Å². The van der Waals surface area contributed by atoms with Crippen molar-refractivity contribution in [1.82, 2.24) is 10.4 Å². The van der Waals surface area contributed by atoms with E-state index in [0.717, 1.165) is 17.1 Å². The third-order valence-corrected chi connectivity index (χ3v) is 3.67. The summed E-state index contributed by atoms with van der Waals surface area (Å²) in [6, 6.07) is 2.77. The Kier molecular flexibility index (Phi) is 6.18. The van der Waals surface area contributed by atoms with Gasteiger partial charge in [0.1, 0.15) is 11.6 Å². The molecule has 0 saturated carbocycles. The fraction of sp³-hybridized carbons (Fsp3) is 0.222. The zero-order chi connectivity index (χ0) is 21.2. The Balaban J connectivity index is 2.26. The molecule has 0 fully saturated rings. The Morgan fingerprint density at radius 3 is 2.11 bits per heavy atom. The summed E-state index contributed by atoms with van der Waals surface area (Å²) in [5, 5.41) is 2.83. The van der Waals surface area contributed by atoms with E-state index in [2.05, 4.69) is 5.43 Å². The van der Waals surface area contributed by atoms with Crippen LogP contribution in [0.15, 0.2) is 30.3 Å². The van der Waals surface area contributed by atoms with E-state index in [4.69, 9.17) is 11.6 Å². The topological polar surface area (TPSA) is 61.4 Å². The number of nitrogens with one attached hydrogen (secondary N) is 2. The van der Waals surface area contributed by atoms with Crippen LogP contribution in [0.1, 0.15) is 31.1 Å². The van der Waals surface area contributed by atoms with Crippen LogP contribution >= 0.6 is 11.6 Å². The largest absolute Gasteiger partial charge is 0.338 e. The maximum Gasteiger partial charge on any atom is 0.338 e. The lowest BCUT2D eigenvalue weighted by Gasteiger charge is -2.35. The van der Waals surface area contributed by atoms with E-state index in [1.807, 2.05) is 5.32 Å². The second-order valence-corrected chi connectivity index (χ2v) is 7.22. The molecule has 2 aromatic carbocycles. The molecule has 0 radical (unpaired) electrons. The van der Waals surface area contributed by atoms with Crippen molar-refractivity contribution in [3.63, 3.8) is 0 Å². The normalized spacial score (nSPS) is 11.1. The maximum atomic E-state index is 13.7. The van der Waals surface area contributed by atoms with Crippen molar-refractivity contribution in [3.05, 3.63) is 64.2 Å². The summed E-state index contributed by atoms with van der Waals surface area (Å²) < 4.78 is 53.5. The highest BCUT2D eigenvalue weighted by Crippen LogP contribution is 2.21. The maximum absolute atomic E-state index is 13.7. The first kappa shape index (κ1) is 21.5. The fourth-order valence-electron chi connectivity index (χ4n) is 2.20. The van der Waals surface area contributed by atoms with Crippen molar-refractivity contribution in [1.29, 1.82) is 0 Å². The van der Waals surface area contributed by atoms with Crippen molar-refractivity contribution in [2.45, 2.75) is 26.3 Å². The predicted molar refractivity (Wildman–Crippen MR) is 95.8 cm³/mol.